The highest BCUT2D eigenvalue weighted by Crippen LogP contribution is 2.32. The van der Waals surface area contributed by atoms with Gasteiger partial charge < -0.3 is 15.4 Å². The molecule has 0 bridgehead atoms. The zero-order chi connectivity index (χ0) is 15.5. The maximum Gasteiger partial charge on any atom is 0.337 e. The lowest BCUT2D eigenvalue weighted by Gasteiger charge is -2.03. The highest BCUT2D eigenvalue weighted by atomic mass is 16.5. The Bertz CT molecular complexity index is 767. The van der Waals surface area contributed by atoms with E-state index in [0.717, 1.165) is 11.3 Å². The third-order valence-electron chi connectivity index (χ3n) is 3.38. The number of rotatable bonds is 3. The summed E-state index contributed by atoms with van der Waals surface area (Å²) in [4.78, 5) is 23.6. The van der Waals surface area contributed by atoms with Gasteiger partial charge in [0.2, 0.25) is 0 Å². The third-order valence-corrected chi connectivity index (χ3v) is 3.38. The number of nitrogens with one attached hydrogen (secondary N) is 2. The molecule has 0 spiro atoms. The molecule has 0 radical (unpaired) electrons. The fourth-order valence-electron chi connectivity index (χ4n) is 2.27. The molecule has 1 heterocycles. The Morgan fingerprint density at radius 1 is 1.18 bits per heavy atom. The lowest BCUT2D eigenvalue weighted by atomic mass is 10.1. The lowest BCUT2D eigenvalue weighted by molar-refractivity contribution is -0.110. The smallest absolute Gasteiger partial charge is 0.337 e. The number of esters is 1. The van der Waals surface area contributed by atoms with Crippen LogP contribution in [0.25, 0.3) is 5.57 Å². The summed E-state index contributed by atoms with van der Waals surface area (Å²) in [5, 5.41) is 5.84. The van der Waals surface area contributed by atoms with Gasteiger partial charge in [-0.3, -0.25) is 4.79 Å². The van der Waals surface area contributed by atoms with Gasteiger partial charge >= 0.3 is 5.97 Å². The summed E-state index contributed by atoms with van der Waals surface area (Å²) >= 11 is 0. The van der Waals surface area contributed by atoms with Gasteiger partial charge in [-0.05, 0) is 24.3 Å². The van der Waals surface area contributed by atoms with E-state index in [4.69, 9.17) is 0 Å². The lowest BCUT2D eigenvalue weighted by Crippen LogP contribution is -2.05. The van der Waals surface area contributed by atoms with E-state index in [1.54, 1.807) is 24.4 Å². The summed E-state index contributed by atoms with van der Waals surface area (Å²) in [5.41, 5.74) is 3.17. The summed E-state index contributed by atoms with van der Waals surface area (Å²) in [6.07, 6.45) is 1.66. The topological polar surface area (TPSA) is 67.4 Å². The molecule has 0 unspecified atom stereocenters. The van der Waals surface area contributed by atoms with Gasteiger partial charge in [0.25, 0.3) is 5.91 Å². The van der Waals surface area contributed by atoms with Gasteiger partial charge in [-0.1, -0.05) is 24.3 Å². The molecule has 2 N–H and O–H groups in total. The van der Waals surface area contributed by atoms with Crippen molar-refractivity contribution >= 4 is 28.8 Å². The molecule has 5 heteroatoms. The van der Waals surface area contributed by atoms with Gasteiger partial charge in [0.15, 0.2) is 0 Å². The van der Waals surface area contributed by atoms with Crippen LogP contribution in [0.5, 0.6) is 0 Å². The third kappa shape index (κ3) is 2.56. The van der Waals surface area contributed by atoms with E-state index in [2.05, 4.69) is 15.4 Å². The fourth-order valence-corrected chi connectivity index (χ4v) is 2.27. The summed E-state index contributed by atoms with van der Waals surface area (Å²) < 4.78 is 4.68. The molecular formula is C17H14N2O3. The number of para-hydroxylation sites is 1. The molecule has 5 nitrogen and oxygen atoms in total. The quantitative estimate of drug-likeness (QED) is 0.674. The first kappa shape index (κ1) is 13.9. The van der Waals surface area contributed by atoms with Crippen LogP contribution in [0.15, 0.2) is 54.7 Å². The van der Waals surface area contributed by atoms with Gasteiger partial charge in [-0.15, -0.1) is 0 Å². The summed E-state index contributed by atoms with van der Waals surface area (Å²) in [6.45, 7) is 0. The number of methoxy groups -OCH3 is 1. The fraction of sp³-hybridized carbons (Fsp3) is 0.0588. The van der Waals surface area contributed by atoms with E-state index in [1.807, 2.05) is 30.3 Å². The highest BCUT2D eigenvalue weighted by molar-refractivity contribution is 6.31. The van der Waals surface area contributed by atoms with Crippen molar-refractivity contribution in [1.29, 1.82) is 0 Å². The minimum absolute atomic E-state index is 0.208. The SMILES string of the molecule is COC(=O)c1ccc2c(c1)NC(=O)/C2=C\Nc1ccccc1. The molecule has 0 atom stereocenters. The molecule has 0 aliphatic carbocycles. The Balaban J connectivity index is 1.90. The second-order valence-electron chi connectivity index (χ2n) is 4.77. The van der Waals surface area contributed by atoms with Crippen molar-refractivity contribution in [3.8, 4) is 0 Å². The Hall–Kier alpha value is -3.08. The minimum atomic E-state index is -0.433. The molecule has 0 aromatic heterocycles. The summed E-state index contributed by atoms with van der Waals surface area (Å²) in [7, 11) is 1.32. The van der Waals surface area contributed by atoms with Gasteiger partial charge in [0.1, 0.15) is 0 Å². The minimum Gasteiger partial charge on any atom is -0.465 e. The van der Waals surface area contributed by atoms with Crippen LogP contribution in [-0.4, -0.2) is 19.0 Å². The number of benzene rings is 2. The molecule has 0 saturated carbocycles. The first-order chi connectivity index (χ1) is 10.7. The predicted molar refractivity (Wildman–Crippen MR) is 84.5 cm³/mol. The van der Waals surface area contributed by atoms with Crippen molar-refractivity contribution in [1.82, 2.24) is 0 Å². The molecule has 0 fully saturated rings. The van der Waals surface area contributed by atoms with E-state index in [0.29, 0.717) is 16.8 Å². The van der Waals surface area contributed by atoms with E-state index in [9.17, 15) is 9.59 Å². The molecule has 1 aliphatic rings. The molecule has 1 aliphatic heterocycles. The second kappa shape index (κ2) is 5.73. The summed E-state index contributed by atoms with van der Waals surface area (Å²) in [5.74, 6) is -0.641. The predicted octanol–water partition coefficient (Wildman–Crippen LogP) is 2.88. The number of hydrogen-bond donors (Lipinski definition) is 2. The van der Waals surface area contributed by atoms with Crippen molar-refractivity contribution in [2.75, 3.05) is 17.7 Å². The molecule has 0 saturated heterocycles. The van der Waals surface area contributed by atoms with Crippen molar-refractivity contribution in [3.05, 3.63) is 65.9 Å². The van der Waals surface area contributed by atoms with Crippen LogP contribution in [-0.2, 0) is 9.53 Å². The highest BCUT2D eigenvalue weighted by Gasteiger charge is 2.25. The Morgan fingerprint density at radius 2 is 1.95 bits per heavy atom. The normalized spacial score (nSPS) is 14.4. The van der Waals surface area contributed by atoms with Crippen LogP contribution in [0.4, 0.5) is 11.4 Å². The summed E-state index contributed by atoms with van der Waals surface area (Å²) in [6, 6.07) is 14.5. The Kier molecular flexibility index (Phi) is 3.62. The largest absolute Gasteiger partial charge is 0.465 e. The van der Waals surface area contributed by atoms with Crippen LogP contribution in [0.1, 0.15) is 15.9 Å². The standard InChI is InChI=1S/C17H14N2O3/c1-22-17(21)11-7-8-13-14(16(20)19-15(13)9-11)10-18-12-5-3-2-4-6-12/h2-10,18H,1H3,(H,19,20)/b14-10-. The Labute approximate surface area is 127 Å². The molecule has 22 heavy (non-hydrogen) atoms. The van der Waals surface area contributed by atoms with Gasteiger partial charge in [-0.2, -0.15) is 0 Å². The molecular weight excluding hydrogens is 280 g/mol. The number of hydrogen-bond acceptors (Lipinski definition) is 4. The van der Waals surface area contributed by atoms with Crippen molar-refractivity contribution in [2.45, 2.75) is 0 Å². The number of ether oxygens (including phenoxy) is 1. The van der Waals surface area contributed by atoms with Crippen molar-refractivity contribution in [3.63, 3.8) is 0 Å². The Morgan fingerprint density at radius 3 is 2.68 bits per heavy atom. The molecule has 2 aromatic carbocycles. The first-order valence-electron chi connectivity index (χ1n) is 6.75. The van der Waals surface area contributed by atoms with E-state index in [1.165, 1.54) is 7.11 Å². The average Bonchev–Trinajstić information content (AvgIpc) is 2.87. The zero-order valence-corrected chi connectivity index (χ0v) is 11.9. The van der Waals surface area contributed by atoms with E-state index >= 15 is 0 Å². The monoisotopic (exact) mass is 294 g/mol. The molecule has 2 aromatic rings. The average molecular weight is 294 g/mol. The van der Waals surface area contributed by atoms with Crippen LogP contribution in [0.3, 0.4) is 0 Å². The van der Waals surface area contributed by atoms with Crippen LogP contribution < -0.4 is 10.6 Å². The number of fused-ring (bicyclic) bond motifs is 1. The van der Waals surface area contributed by atoms with Gasteiger partial charge in [0.05, 0.1) is 18.2 Å². The van der Waals surface area contributed by atoms with Crippen molar-refractivity contribution < 1.29 is 14.3 Å². The maximum absolute atomic E-state index is 12.1. The van der Waals surface area contributed by atoms with Gasteiger partial charge in [0, 0.05) is 23.1 Å². The van der Waals surface area contributed by atoms with Gasteiger partial charge in [-0.25, -0.2) is 4.79 Å². The number of carbonyl (C=O) groups is 2. The van der Waals surface area contributed by atoms with E-state index in [-0.39, 0.29) is 5.91 Å². The first-order valence-corrected chi connectivity index (χ1v) is 6.75. The number of anilines is 2. The number of carbonyl (C=O) groups excluding carboxylic acids is 2. The van der Waals surface area contributed by atoms with Crippen LogP contribution in [0.2, 0.25) is 0 Å². The van der Waals surface area contributed by atoms with Crippen LogP contribution in [0, 0.1) is 0 Å². The second-order valence-corrected chi connectivity index (χ2v) is 4.77. The molecule has 110 valence electrons. The zero-order valence-electron chi connectivity index (χ0n) is 11.9. The van der Waals surface area contributed by atoms with E-state index < -0.39 is 5.97 Å². The maximum atomic E-state index is 12.1. The molecule has 3 rings (SSSR count). The number of amides is 1. The van der Waals surface area contributed by atoms with Crippen LogP contribution >= 0.6 is 0 Å². The molecule has 1 amide bonds. The van der Waals surface area contributed by atoms with Crippen molar-refractivity contribution in [2.24, 2.45) is 0 Å².